The number of carbonyl (C=O) groups is 1. The summed E-state index contributed by atoms with van der Waals surface area (Å²) >= 11 is 0. The van der Waals surface area contributed by atoms with Crippen molar-refractivity contribution in [3.63, 3.8) is 0 Å². The van der Waals surface area contributed by atoms with E-state index in [1.807, 2.05) is 0 Å². The molecule has 1 saturated heterocycles. The number of piperidine rings is 1. The van der Waals surface area contributed by atoms with Gasteiger partial charge in [0.2, 0.25) is 5.91 Å². The lowest BCUT2D eigenvalue weighted by Gasteiger charge is -2.21. The smallest absolute Gasteiger partial charge is 0.220 e. The van der Waals surface area contributed by atoms with Crippen LogP contribution in [0.15, 0.2) is 23.2 Å². The van der Waals surface area contributed by atoms with Gasteiger partial charge in [0.05, 0.1) is 26.5 Å². The van der Waals surface area contributed by atoms with Crippen molar-refractivity contribution in [3.05, 3.63) is 18.2 Å². The first kappa shape index (κ1) is 15.9. The molecule has 0 spiro atoms. The Morgan fingerprint density at radius 1 is 1.45 bits per heavy atom. The number of hydrogen-bond donors (Lipinski definition) is 3. The molecule has 0 aromatic heterocycles. The number of ether oxygens (including phenoxy) is 2. The molecule has 1 unspecified atom stereocenters. The molecule has 120 valence electrons. The Bertz CT molecular complexity index is 560. The highest BCUT2D eigenvalue weighted by molar-refractivity contribution is 5.94. The fourth-order valence-electron chi connectivity index (χ4n) is 2.32. The van der Waals surface area contributed by atoms with Crippen LogP contribution in [0.5, 0.6) is 11.5 Å². The van der Waals surface area contributed by atoms with Crippen LogP contribution in [0.3, 0.4) is 0 Å². The molecule has 2 rings (SSSR count). The summed E-state index contributed by atoms with van der Waals surface area (Å²) in [7, 11) is 3.17. The second kappa shape index (κ2) is 7.53. The van der Waals surface area contributed by atoms with Gasteiger partial charge in [-0.2, -0.15) is 0 Å². The summed E-state index contributed by atoms with van der Waals surface area (Å²) in [5.41, 5.74) is 6.58. The topological polar surface area (TPSA) is 98.0 Å². The third-order valence-electron chi connectivity index (χ3n) is 3.47. The maximum absolute atomic E-state index is 11.3. The van der Waals surface area contributed by atoms with Crippen molar-refractivity contribution >= 4 is 17.6 Å². The molecule has 7 nitrogen and oxygen atoms in total. The lowest BCUT2D eigenvalue weighted by atomic mass is 10.0. The molecule has 0 aliphatic carbocycles. The predicted molar refractivity (Wildman–Crippen MR) is 85.4 cm³/mol. The number of methoxy groups -OCH3 is 2. The highest BCUT2D eigenvalue weighted by atomic mass is 16.5. The first-order chi connectivity index (χ1) is 10.6. The molecule has 0 bridgehead atoms. The molecule has 4 N–H and O–H groups in total. The average molecular weight is 306 g/mol. The van der Waals surface area contributed by atoms with Crippen LogP contribution in [-0.2, 0) is 4.79 Å². The van der Waals surface area contributed by atoms with Gasteiger partial charge in [0.15, 0.2) is 5.96 Å². The molecule has 1 aromatic carbocycles. The molecule has 1 atom stereocenters. The van der Waals surface area contributed by atoms with E-state index in [9.17, 15) is 4.79 Å². The van der Waals surface area contributed by atoms with Crippen molar-refractivity contribution in [1.29, 1.82) is 0 Å². The van der Waals surface area contributed by atoms with Crippen LogP contribution < -0.4 is 25.8 Å². The van der Waals surface area contributed by atoms with Crippen molar-refractivity contribution in [2.24, 2.45) is 10.7 Å². The van der Waals surface area contributed by atoms with E-state index in [2.05, 4.69) is 15.6 Å². The highest BCUT2D eigenvalue weighted by Gasteiger charge is 2.17. The van der Waals surface area contributed by atoms with Gasteiger partial charge in [-0.1, -0.05) is 0 Å². The van der Waals surface area contributed by atoms with Crippen LogP contribution in [0, 0.1) is 0 Å². The summed E-state index contributed by atoms with van der Waals surface area (Å²) in [6.07, 6.45) is 2.41. The Kier molecular flexibility index (Phi) is 5.46. The molecule has 1 aromatic rings. The zero-order valence-electron chi connectivity index (χ0n) is 12.9. The van der Waals surface area contributed by atoms with Crippen LogP contribution >= 0.6 is 0 Å². The molecular weight excluding hydrogens is 284 g/mol. The molecular formula is C15H22N4O3. The quantitative estimate of drug-likeness (QED) is 0.559. The van der Waals surface area contributed by atoms with Crippen molar-refractivity contribution in [2.75, 3.05) is 26.1 Å². The summed E-state index contributed by atoms with van der Waals surface area (Å²) in [5.74, 6) is 1.68. The number of rotatable bonds is 5. The second-order valence-electron chi connectivity index (χ2n) is 5.07. The number of anilines is 1. The minimum Gasteiger partial charge on any atom is -0.497 e. The standard InChI is InChI=1S/C15H22N4O3/c1-21-11-6-7-13(22-2)12(8-11)19-15(16)17-9-10-4-3-5-14(20)18-10/h6-8,10H,3-5,9H2,1-2H3,(H,18,20)(H3,16,17,19). The minimum absolute atomic E-state index is 0.0498. The van der Waals surface area contributed by atoms with E-state index in [0.717, 1.165) is 12.8 Å². The molecule has 1 fully saturated rings. The molecule has 1 aliphatic heterocycles. The van der Waals surface area contributed by atoms with Crippen LogP contribution in [0.4, 0.5) is 5.69 Å². The first-order valence-corrected chi connectivity index (χ1v) is 7.20. The van der Waals surface area contributed by atoms with Crippen molar-refractivity contribution < 1.29 is 14.3 Å². The van der Waals surface area contributed by atoms with E-state index in [-0.39, 0.29) is 17.9 Å². The van der Waals surface area contributed by atoms with Gasteiger partial charge < -0.3 is 25.8 Å². The van der Waals surface area contributed by atoms with Crippen LogP contribution in [-0.4, -0.2) is 38.7 Å². The monoisotopic (exact) mass is 306 g/mol. The van der Waals surface area contributed by atoms with E-state index in [0.29, 0.717) is 30.2 Å². The third kappa shape index (κ3) is 4.28. The second-order valence-corrected chi connectivity index (χ2v) is 5.07. The van der Waals surface area contributed by atoms with E-state index in [1.54, 1.807) is 32.4 Å². The summed E-state index contributed by atoms with van der Waals surface area (Å²) in [4.78, 5) is 15.6. The van der Waals surface area contributed by atoms with Gasteiger partial charge in [-0.25, -0.2) is 0 Å². The lowest BCUT2D eigenvalue weighted by Crippen LogP contribution is -2.41. The fraction of sp³-hybridized carbons (Fsp3) is 0.467. The Labute approximate surface area is 129 Å². The zero-order valence-corrected chi connectivity index (χ0v) is 12.9. The maximum atomic E-state index is 11.3. The van der Waals surface area contributed by atoms with Crippen LogP contribution in [0.2, 0.25) is 0 Å². The lowest BCUT2D eigenvalue weighted by molar-refractivity contribution is -0.123. The Morgan fingerprint density at radius 3 is 2.95 bits per heavy atom. The minimum atomic E-state index is 0.0498. The summed E-state index contributed by atoms with van der Waals surface area (Å²) < 4.78 is 10.4. The number of aliphatic imine (C=N–C) groups is 1. The number of benzene rings is 1. The van der Waals surface area contributed by atoms with Gasteiger partial charge in [0, 0.05) is 18.5 Å². The van der Waals surface area contributed by atoms with Crippen molar-refractivity contribution in [3.8, 4) is 11.5 Å². The fourth-order valence-corrected chi connectivity index (χ4v) is 2.32. The Morgan fingerprint density at radius 2 is 2.27 bits per heavy atom. The maximum Gasteiger partial charge on any atom is 0.220 e. The Balaban J connectivity index is 1.99. The molecule has 0 radical (unpaired) electrons. The van der Waals surface area contributed by atoms with Crippen LogP contribution in [0.1, 0.15) is 19.3 Å². The summed E-state index contributed by atoms with van der Waals surface area (Å²) in [5, 5.41) is 5.90. The predicted octanol–water partition coefficient (Wildman–Crippen LogP) is 1.10. The van der Waals surface area contributed by atoms with E-state index in [4.69, 9.17) is 15.2 Å². The van der Waals surface area contributed by atoms with Crippen LogP contribution in [0.25, 0.3) is 0 Å². The number of hydrogen-bond acceptors (Lipinski definition) is 4. The molecule has 7 heteroatoms. The number of carbonyl (C=O) groups excluding carboxylic acids is 1. The largest absolute Gasteiger partial charge is 0.497 e. The third-order valence-corrected chi connectivity index (χ3v) is 3.47. The van der Waals surface area contributed by atoms with Crippen molar-refractivity contribution in [2.45, 2.75) is 25.3 Å². The molecule has 1 heterocycles. The van der Waals surface area contributed by atoms with Gasteiger partial charge >= 0.3 is 0 Å². The normalized spacial score (nSPS) is 18.5. The molecule has 22 heavy (non-hydrogen) atoms. The highest BCUT2D eigenvalue weighted by Crippen LogP contribution is 2.28. The van der Waals surface area contributed by atoms with E-state index in [1.165, 1.54) is 0 Å². The molecule has 0 saturated carbocycles. The average Bonchev–Trinajstić information content (AvgIpc) is 2.53. The number of amides is 1. The summed E-state index contributed by atoms with van der Waals surface area (Å²) in [6, 6.07) is 5.42. The molecule has 1 amide bonds. The van der Waals surface area contributed by atoms with Gasteiger partial charge in [-0.3, -0.25) is 9.79 Å². The molecule has 1 aliphatic rings. The first-order valence-electron chi connectivity index (χ1n) is 7.20. The number of nitrogens with two attached hydrogens (primary N) is 1. The zero-order chi connectivity index (χ0) is 15.9. The summed E-state index contributed by atoms with van der Waals surface area (Å²) in [6.45, 7) is 0.455. The van der Waals surface area contributed by atoms with Gasteiger partial charge in [0.1, 0.15) is 11.5 Å². The van der Waals surface area contributed by atoms with E-state index < -0.39 is 0 Å². The van der Waals surface area contributed by atoms with Gasteiger partial charge in [-0.15, -0.1) is 0 Å². The van der Waals surface area contributed by atoms with Crippen molar-refractivity contribution in [1.82, 2.24) is 5.32 Å². The van der Waals surface area contributed by atoms with E-state index >= 15 is 0 Å². The number of nitrogens with one attached hydrogen (secondary N) is 2. The van der Waals surface area contributed by atoms with Gasteiger partial charge in [-0.05, 0) is 25.0 Å². The Hall–Kier alpha value is -2.44. The SMILES string of the molecule is COc1ccc(OC)c(NC(N)=NCC2CCCC(=O)N2)c1. The van der Waals surface area contributed by atoms with Gasteiger partial charge in [0.25, 0.3) is 0 Å². The number of nitrogens with zero attached hydrogens (tertiary/aromatic N) is 1. The number of guanidine groups is 1.